The van der Waals surface area contributed by atoms with Crippen molar-refractivity contribution in [3.63, 3.8) is 0 Å². The fourth-order valence-corrected chi connectivity index (χ4v) is 4.08. The van der Waals surface area contributed by atoms with Crippen LogP contribution in [-0.2, 0) is 20.8 Å². The third-order valence-corrected chi connectivity index (χ3v) is 5.54. The molecule has 0 aliphatic carbocycles. The summed E-state index contributed by atoms with van der Waals surface area (Å²) in [6.45, 7) is 4.25. The van der Waals surface area contributed by atoms with Crippen LogP contribution in [0.5, 0.6) is 0 Å². The maximum Gasteiger partial charge on any atom is 0.226 e. The first-order valence-corrected chi connectivity index (χ1v) is 9.29. The standard InChI is InChI=1S/C20H30N2O3/c1-24-15-18-12-19(25-2)14-22(18)20(23)17-8-10-21(11-9-17)13-16-6-4-3-5-7-16/h3-7,17-19H,8-15H2,1-2H3/t18-,19+/m0/s1. The lowest BCUT2D eigenvalue weighted by Crippen LogP contribution is -2.45. The number of likely N-dealkylation sites (tertiary alicyclic amines) is 2. The van der Waals surface area contributed by atoms with Crippen molar-refractivity contribution in [2.75, 3.05) is 40.5 Å². The number of hydrogen-bond donors (Lipinski definition) is 0. The minimum Gasteiger partial charge on any atom is -0.383 e. The number of piperidine rings is 1. The van der Waals surface area contributed by atoms with Crippen LogP contribution < -0.4 is 0 Å². The summed E-state index contributed by atoms with van der Waals surface area (Å²) >= 11 is 0. The van der Waals surface area contributed by atoms with Gasteiger partial charge in [-0.3, -0.25) is 9.69 Å². The zero-order valence-electron chi connectivity index (χ0n) is 15.4. The van der Waals surface area contributed by atoms with Gasteiger partial charge in [0.1, 0.15) is 0 Å². The fourth-order valence-electron chi connectivity index (χ4n) is 4.08. The quantitative estimate of drug-likeness (QED) is 0.792. The highest BCUT2D eigenvalue weighted by atomic mass is 16.5. The Morgan fingerprint density at radius 2 is 1.88 bits per heavy atom. The van der Waals surface area contributed by atoms with Gasteiger partial charge in [0.2, 0.25) is 5.91 Å². The van der Waals surface area contributed by atoms with Crippen molar-refractivity contribution in [2.24, 2.45) is 5.92 Å². The van der Waals surface area contributed by atoms with Gasteiger partial charge in [-0.2, -0.15) is 0 Å². The number of carbonyl (C=O) groups is 1. The van der Waals surface area contributed by atoms with Crippen LogP contribution in [0.3, 0.4) is 0 Å². The number of methoxy groups -OCH3 is 2. The SMILES string of the molecule is COC[C@@H]1C[C@@H](OC)CN1C(=O)C1CCN(Cc2ccccc2)CC1. The predicted octanol–water partition coefficient (Wildman–Crippen LogP) is 2.16. The van der Waals surface area contributed by atoms with E-state index in [1.165, 1.54) is 5.56 Å². The first-order valence-electron chi connectivity index (χ1n) is 9.29. The molecule has 0 radical (unpaired) electrons. The molecule has 5 nitrogen and oxygen atoms in total. The normalized spacial score (nSPS) is 25.4. The first kappa shape index (κ1) is 18.4. The minimum atomic E-state index is 0.141. The lowest BCUT2D eigenvalue weighted by Gasteiger charge is -2.34. The van der Waals surface area contributed by atoms with Gasteiger partial charge in [0.15, 0.2) is 0 Å². The van der Waals surface area contributed by atoms with Crippen LogP contribution in [-0.4, -0.2) is 68.3 Å². The van der Waals surface area contributed by atoms with E-state index in [1.54, 1.807) is 14.2 Å². The molecule has 2 fully saturated rings. The Kier molecular flexibility index (Phi) is 6.45. The van der Waals surface area contributed by atoms with E-state index >= 15 is 0 Å². The van der Waals surface area contributed by atoms with Gasteiger partial charge in [-0.15, -0.1) is 0 Å². The monoisotopic (exact) mass is 346 g/mol. The molecule has 138 valence electrons. The van der Waals surface area contributed by atoms with Crippen LogP contribution in [0.25, 0.3) is 0 Å². The summed E-state index contributed by atoms with van der Waals surface area (Å²) in [6.07, 6.45) is 2.91. The van der Waals surface area contributed by atoms with E-state index in [9.17, 15) is 4.79 Å². The molecule has 0 N–H and O–H groups in total. The van der Waals surface area contributed by atoms with Crippen molar-refractivity contribution >= 4 is 5.91 Å². The highest BCUT2D eigenvalue weighted by Crippen LogP contribution is 2.27. The largest absolute Gasteiger partial charge is 0.383 e. The summed E-state index contributed by atoms with van der Waals surface area (Å²) in [5.41, 5.74) is 1.34. The lowest BCUT2D eigenvalue weighted by molar-refractivity contribution is -0.139. The van der Waals surface area contributed by atoms with E-state index in [2.05, 4.69) is 29.2 Å². The molecule has 0 aromatic heterocycles. The number of benzene rings is 1. The number of hydrogen-bond acceptors (Lipinski definition) is 4. The second-order valence-electron chi connectivity index (χ2n) is 7.23. The molecule has 1 amide bonds. The molecule has 3 rings (SSSR count). The average Bonchev–Trinajstić information content (AvgIpc) is 3.06. The van der Waals surface area contributed by atoms with Crippen LogP contribution in [0.1, 0.15) is 24.8 Å². The van der Waals surface area contributed by atoms with Gasteiger partial charge in [-0.05, 0) is 37.9 Å². The number of amides is 1. The van der Waals surface area contributed by atoms with Gasteiger partial charge in [0.25, 0.3) is 0 Å². The van der Waals surface area contributed by atoms with Gasteiger partial charge < -0.3 is 14.4 Å². The Hall–Kier alpha value is -1.43. The number of carbonyl (C=O) groups excluding carboxylic acids is 1. The molecule has 2 saturated heterocycles. The van der Waals surface area contributed by atoms with Gasteiger partial charge in [0.05, 0.1) is 18.8 Å². The molecule has 0 bridgehead atoms. The van der Waals surface area contributed by atoms with Gasteiger partial charge in [-0.25, -0.2) is 0 Å². The molecular formula is C20H30N2O3. The molecular weight excluding hydrogens is 316 g/mol. The molecule has 25 heavy (non-hydrogen) atoms. The zero-order chi connectivity index (χ0) is 17.6. The van der Waals surface area contributed by atoms with Crippen LogP contribution in [0.2, 0.25) is 0 Å². The van der Waals surface area contributed by atoms with Crippen LogP contribution in [0.15, 0.2) is 30.3 Å². The zero-order valence-corrected chi connectivity index (χ0v) is 15.4. The Morgan fingerprint density at radius 3 is 2.52 bits per heavy atom. The summed E-state index contributed by atoms with van der Waals surface area (Å²) in [5, 5.41) is 0. The van der Waals surface area contributed by atoms with Crippen LogP contribution in [0, 0.1) is 5.92 Å². The van der Waals surface area contributed by atoms with Gasteiger partial charge in [-0.1, -0.05) is 30.3 Å². The van der Waals surface area contributed by atoms with Crippen LogP contribution in [0.4, 0.5) is 0 Å². The molecule has 1 aromatic carbocycles. The molecule has 5 heteroatoms. The molecule has 1 aromatic rings. The topological polar surface area (TPSA) is 42.0 Å². The molecule has 0 saturated carbocycles. The molecule has 2 aliphatic heterocycles. The second-order valence-corrected chi connectivity index (χ2v) is 7.23. The van der Waals surface area contributed by atoms with Crippen molar-refractivity contribution in [3.8, 4) is 0 Å². The van der Waals surface area contributed by atoms with Gasteiger partial charge >= 0.3 is 0 Å². The van der Waals surface area contributed by atoms with Crippen molar-refractivity contribution in [1.29, 1.82) is 0 Å². The summed E-state index contributed by atoms with van der Waals surface area (Å²) in [5.74, 6) is 0.433. The first-order chi connectivity index (χ1) is 12.2. The summed E-state index contributed by atoms with van der Waals surface area (Å²) < 4.78 is 10.8. The van der Waals surface area contributed by atoms with E-state index < -0.39 is 0 Å². The Balaban J connectivity index is 1.52. The minimum absolute atomic E-state index is 0.141. The van der Waals surface area contributed by atoms with Crippen LogP contribution >= 0.6 is 0 Å². The van der Waals surface area contributed by atoms with Crippen molar-refractivity contribution < 1.29 is 14.3 Å². The smallest absolute Gasteiger partial charge is 0.226 e. The maximum absolute atomic E-state index is 13.0. The van der Waals surface area contributed by atoms with E-state index in [0.717, 1.165) is 38.9 Å². The summed E-state index contributed by atoms with van der Waals surface area (Å²) in [7, 11) is 3.43. The predicted molar refractivity (Wildman–Crippen MR) is 97.2 cm³/mol. The Morgan fingerprint density at radius 1 is 1.16 bits per heavy atom. The highest BCUT2D eigenvalue weighted by Gasteiger charge is 2.38. The highest BCUT2D eigenvalue weighted by molar-refractivity contribution is 5.79. The number of rotatable bonds is 6. The molecule has 2 atom stereocenters. The third kappa shape index (κ3) is 4.60. The molecule has 0 unspecified atom stereocenters. The number of ether oxygens (including phenoxy) is 2. The summed E-state index contributed by atoms with van der Waals surface area (Å²) in [4.78, 5) is 17.5. The molecule has 2 heterocycles. The maximum atomic E-state index is 13.0. The van der Waals surface area contributed by atoms with E-state index in [-0.39, 0.29) is 18.1 Å². The second kappa shape index (κ2) is 8.79. The van der Waals surface area contributed by atoms with Crippen molar-refractivity contribution in [2.45, 2.75) is 38.0 Å². The van der Waals surface area contributed by atoms with Gasteiger partial charge in [0, 0.05) is 33.2 Å². The van der Waals surface area contributed by atoms with Crippen molar-refractivity contribution in [1.82, 2.24) is 9.80 Å². The Labute approximate surface area is 150 Å². The molecule has 0 spiro atoms. The Bertz CT molecular complexity index is 543. The number of nitrogens with zero attached hydrogens (tertiary/aromatic N) is 2. The van der Waals surface area contributed by atoms with E-state index in [4.69, 9.17) is 9.47 Å². The third-order valence-electron chi connectivity index (χ3n) is 5.54. The van der Waals surface area contributed by atoms with Crippen molar-refractivity contribution in [3.05, 3.63) is 35.9 Å². The van der Waals surface area contributed by atoms with E-state index in [1.807, 2.05) is 11.0 Å². The average molecular weight is 346 g/mol. The lowest BCUT2D eigenvalue weighted by atomic mass is 9.94. The fraction of sp³-hybridized carbons (Fsp3) is 0.650. The summed E-state index contributed by atoms with van der Waals surface area (Å²) in [6, 6.07) is 10.7. The van der Waals surface area contributed by atoms with E-state index in [0.29, 0.717) is 19.1 Å². The molecule has 2 aliphatic rings.